The molecule has 1 aromatic heterocycles. The highest BCUT2D eigenvalue weighted by atomic mass is 35.5. The number of hydrogen-bond donors (Lipinski definition) is 2. The smallest absolute Gasteiger partial charge is 0.238 e. The van der Waals surface area contributed by atoms with Crippen molar-refractivity contribution in [2.75, 3.05) is 11.9 Å². The fourth-order valence-electron chi connectivity index (χ4n) is 2.10. The lowest BCUT2D eigenvalue weighted by molar-refractivity contribution is -0.115. The molecule has 0 bridgehead atoms. The van der Waals surface area contributed by atoms with Crippen LogP contribution in [0, 0.1) is 0 Å². The van der Waals surface area contributed by atoms with Gasteiger partial charge in [0.15, 0.2) is 0 Å². The van der Waals surface area contributed by atoms with E-state index in [2.05, 4.69) is 22.7 Å². The third kappa shape index (κ3) is 4.31. The molecule has 0 spiro atoms. The van der Waals surface area contributed by atoms with Gasteiger partial charge in [-0.1, -0.05) is 30.7 Å². The summed E-state index contributed by atoms with van der Waals surface area (Å²) in [4.78, 5) is 11.9. The van der Waals surface area contributed by atoms with E-state index < -0.39 is 0 Å². The third-order valence-electron chi connectivity index (χ3n) is 3.08. The molecule has 0 aliphatic carbocycles. The van der Waals surface area contributed by atoms with Crippen molar-refractivity contribution in [3.05, 3.63) is 46.7 Å². The number of carbonyl (C=O) groups excluding carboxylic acids is 1. The zero-order valence-corrected chi connectivity index (χ0v) is 12.9. The molecule has 0 aliphatic rings. The van der Waals surface area contributed by atoms with Gasteiger partial charge in [-0.25, -0.2) is 0 Å². The highest BCUT2D eigenvalue weighted by molar-refractivity contribution is 6.33. The Balaban J connectivity index is 1.83. The van der Waals surface area contributed by atoms with Crippen LogP contribution in [0.2, 0.25) is 5.02 Å². The van der Waals surface area contributed by atoms with Gasteiger partial charge in [-0.2, -0.15) is 5.10 Å². The number of para-hydroxylation sites is 1. The van der Waals surface area contributed by atoms with Crippen LogP contribution in [0.1, 0.15) is 18.2 Å². The molecule has 2 aromatic rings. The van der Waals surface area contributed by atoms with E-state index in [1.807, 2.05) is 25.4 Å². The molecule has 0 unspecified atom stereocenters. The van der Waals surface area contributed by atoms with Crippen molar-refractivity contribution in [1.82, 2.24) is 15.1 Å². The number of nitrogens with one attached hydrogen (secondary N) is 2. The van der Waals surface area contributed by atoms with Crippen molar-refractivity contribution in [2.24, 2.45) is 7.05 Å². The van der Waals surface area contributed by atoms with Gasteiger partial charge in [-0.05, 0) is 18.6 Å². The first-order chi connectivity index (χ1) is 10.1. The Morgan fingerprint density at radius 2 is 2.14 bits per heavy atom. The van der Waals surface area contributed by atoms with Crippen LogP contribution in [0.3, 0.4) is 0 Å². The van der Waals surface area contributed by atoms with E-state index in [0.29, 0.717) is 17.3 Å². The third-order valence-corrected chi connectivity index (χ3v) is 3.41. The highest BCUT2D eigenvalue weighted by Crippen LogP contribution is 2.20. The Morgan fingerprint density at radius 3 is 2.86 bits per heavy atom. The number of amides is 1. The second-order valence-corrected chi connectivity index (χ2v) is 5.17. The number of benzene rings is 1. The van der Waals surface area contributed by atoms with Gasteiger partial charge in [0.2, 0.25) is 5.91 Å². The molecular formula is C15H19ClN4O. The minimum Gasteiger partial charge on any atom is -0.324 e. The molecule has 6 heteroatoms. The van der Waals surface area contributed by atoms with E-state index in [0.717, 1.165) is 17.7 Å². The molecule has 0 saturated carbocycles. The number of carbonyl (C=O) groups is 1. The first kappa shape index (κ1) is 15.5. The Hall–Kier alpha value is -1.85. The molecular weight excluding hydrogens is 288 g/mol. The van der Waals surface area contributed by atoms with Crippen LogP contribution in [0.5, 0.6) is 0 Å². The van der Waals surface area contributed by atoms with E-state index in [4.69, 9.17) is 11.6 Å². The Bertz CT molecular complexity index is 624. The lowest BCUT2D eigenvalue weighted by atomic mass is 10.2. The predicted octanol–water partition coefficient (Wildman–Crippen LogP) is 2.36. The first-order valence-electron chi connectivity index (χ1n) is 6.86. The molecule has 112 valence electrons. The molecule has 1 amide bonds. The molecule has 2 N–H and O–H groups in total. The van der Waals surface area contributed by atoms with Crippen molar-refractivity contribution in [3.63, 3.8) is 0 Å². The molecule has 5 nitrogen and oxygen atoms in total. The van der Waals surface area contributed by atoms with Gasteiger partial charge in [0.25, 0.3) is 0 Å². The van der Waals surface area contributed by atoms with Crippen LogP contribution in [0.4, 0.5) is 5.69 Å². The summed E-state index contributed by atoms with van der Waals surface area (Å²) >= 11 is 5.99. The number of hydrogen-bond acceptors (Lipinski definition) is 3. The predicted molar refractivity (Wildman–Crippen MR) is 84.4 cm³/mol. The van der Waals surface area contributed by atoms with Gasteiger partial charge in [0.05, 0.1) is 22.9 Å². The summed E-state index contributed by atoms with van der Waals surface area (Å²) in [5, 5.41) is 10.8. The van der Waals surface area contributed by atoms with Crippen LogP contribution in [-0.4, -0.2) is 22.2 Å². The van der Waals surface area contributed by atoms with Gasteiger partial charge in [0.1, 0.15) is 0 Å². The fourth-order valence-corrected chi connectivity index (χ4v) is 2.28. The van der Waals surface area contributed by atoms with E-state index >= 15 is 0 Å². The zero-order valence-electron chi connectivity index (χ0n) is 12.2. The average molecular weight is 307 g/mol. The molecule has 0 radical (unpaired) electrons. The van der Waals surface area contributed by atoms with Crippen molar-refractivity contribution in [2.45, 2.75) is 19.9 Å². The van der Waals surface area contributed by atoms with E-state index in [1.165, 1.54) is 0 Å². The van der Waals surface area contributed by atoms with E-state index in [9.17, 15) is 4.79 Å². The summed E-state index contributed by atoms with van der Waals surface area (Å²) in [7, 11) is 1.90. The highest BCUT2D eigenvalue weighted by Gasteiger charge is 2.08. The summed E-state index contributed by atoms with van der Waals surface area (Å²) in [5.74, 6) is -0.120. The molecule has 1 aromatic carbocycles. The molecule has 1 heterocycles. The second-order valence-electron chi connectivity index (χ2n) is 4.76. The minimum absolute atomic E-state index is 0.120. The quantitative estimate of drug-likeness (QED) is 0.861. The number of nitrogens with zero attached hydrogens (tertiary/aromatic N) is 2. The maximum Gasteiger partial charge on any atom is 0.238 e. The number of rotatable bonds is 6. The Kier molecular flexibility index (Phi) is 5.36. The second kappa shape index (κ2) is 7.24. The average Bonchev–Trinajstić information content (AvgIpc) is 2.81. The van der Waals surface area contributed by atoms with E-state index in [1.54, 1.807) is 16.8 Å². The van der Waals surface area contributed by atoms with Crippen molar-refractivity contribution in [3.8, 4) is 0 Å². The van der Waals surface area contributed by atoms with Gasteiger partial charge in [0, 0.05) is 25.4 Å². The van der Waals surface area contributed by atoms with Crippen LogP contribution in [-0.2, 0) is 24.8 Å². The number of halogens is 1. The molecule has 2 rings (SSSR count). The lowest BCUT2D eigenvalue weighted by Crippen LogP contribution is -2.28. The summed E-state index contributed by atoms with van der Waals surface area (Å²) in [6.07, 6.45) is 2.85. The molecule has 0 fully saturated rings. The summed E-state index contributed by atoms with van der Waals surface area (Å²) < 4.78 is 1.79. The van der Waals surface area contributed by atoms with Crippen LogP contribution < -0.4 is 10.6 Å². The standard InChI is InChI=1S/C15H19ClN4O/c1-3-13-11(10-20(2)19-13)8-17-9-15(21)18-14-7-5-4-6-12(14)16/h4-7,10,17H,3,8-9H2,1-2H3,(H,18,21). The normalized spacial score (nSPS) is 10.6. The summed E-state index contributed by atoms with van der Waals surface area (Å²) in [6.45, 7) is 2.91. The summed E-state index contributed by atoms with van der Waals surface area (Å²) in [5.41, 5.74) is 2.80. The lowest BCUT2D eigenvalue weighted by Gasteiger charge is -2.08. The minimum atomic E-state index is -0.120. The maximum absolute atomic E-state index is 11.9. The van der Waals surface area contributed by atoms with E-state index in [-0.39, 0.29) is 12.5 Å². The number of aromatic nitrogens is 2. The van der Waals surface area contributed by atoms with Crippen LogP contribution >= 0.6 is 11.6 Å². The van der Waals surface area contributed by atoms with Gasteiger partial charge in [-0.3, -0.25) is 9.48 Å². The van der Waals surface area contributed by atoms with Crippen LogP contribution in [0.25, 0.3) is 0 Å². The number of aryl methyl sites for hydroxylation is 2. The Morgan fingerprint density at radius 1 is 1.38 bits per heavy atom. The van der Waals surface area contributed by atoms with Crippen molar-refractivity contribution in [1.29, 1.82) is 0 Å². The maximum atomic E-state index is 11.9. The molecule has 0 saturated heterocycles. The largest absolute Gasteiger partial charge is 0.324 e. The first-order valence-corrected chi connectivity index (χ1v) is 7.24. The van der Waals surface area contributed by atoms with Gasteiger partial charge in [-0.15, -0.1) is 0 Å². The topological polar surface area (TPSA) is 59.0 Å². The molecule has 0 aliphatic heterocycles. The van der Waals surface area contributed by atoms with Crippen molar-refractivity contribution >= 4 is 23.2 Å². The zero-order chi connectivity index (χ0) is 15.2. The van der Waals surface area contributed by atoms with Crippen LogP contribution in [0.15, 0.2) is 30.5 Å². The number of anilines is 1. The molecule has 21 heavy (non-hydrogen) atoms. The van der Waals surface area contributed by atoms with Gasteiger partial charge < -0.3 is 10.6 Å². The fraction of sp³-hybridized carbons (Fsp3) is 0.333. The van der Waals surface area contributed by atoms with Gasteiger partial charge >= 0.3 is 0 Å². The molecule has 0 atom stereocenters. The SMILES string of the molecule is CCc1nn(C)cc1CNCC(=O)Nc1ccccc1Cl. The Labute approximate surface area is 129 Å². The summed E-state index contributed by atoms with van der Waals surface area (Å²) in [6, 6.07) is 7.17. The monoisotopic (exact) mass is 306 g/mol. The van der Waals surface area contributed by atoms with Crippen molar-refractivity contribution < 1.29 is 4.79 Å².